The average Bonchev–Trinajstić information content (AvgIpc) is 2.75. The summed E-state index contributed by atoms with van der Waals surface area (Å²) in [6.07, 6.45) is -4.57. The molecular formula is C19H28O10. The van der Waals surface area contributed by atoms with Crippen molar-refractivity contribution in [2.24, 2.45) is 0 Å². The van der Waals surface area contributed by atoms with E-state index in [0.29, 0.717) is 11.5 Å². The minimum Gasteiger partial charge on any atom is -0.493 e. The van der Waals surface area contributed by atoms with Gasteiger partial charge in [0.15, 0.2) is 17.8 Å². The van der Waals surface area contributed by atoms with Gasteiger partial charge in [0.2, 0.25) is 0 Å². The van der Waals surface area contributed by atoms with Gasteiger partial charge in [-0.15, -0.1) is 0 Å². The summed E-state index contributed by atoms with van der Waals surface area (Å²) >= 11 is 0. The van der Waals surface area contributed by atoms with Crippen molar-refractivity contribution in [2.45, 2.75) is 36.8 Å². The molecule has 1 fully saturated rings. The number of aliphatic hydroxyl groups is 6. The highest BCUT2D eigenvalue weighted by Crippen LogP contribution is 2.30. The van der Waals surface area contributed by atoms with Crippen LogP contribution in [-0.4, -0.2) is 101 Å². The number of aliphatic hydroxyl groups excluding tert-OH is 6. The first-order valence-corrected chi connectivity index (χ1v) is 9.10. The number of hydrogen-bond acceptors (Lipinski definition) is 10. The van der Waals surface area contributed by atoms with E-state index in [2.05, 4.69) is 0 Å². The number of methoxy groups -OCH3 is 1. The maximum Gasteiger partial charge on any atom is 0.186 e. The summed E-state index contributed by atoms with van der Waals surface area (Å²) in [7, 11) is 1.46. The van der Waals surface area contributed by atoms with Crippen molar-refractivity contribution in [3.05, 3.63) is 29.8 Å². The Hall–Kier alpha value is -1.76. The number of benzene rings is 1. The van der Waals surface area contributed by atoms with Crippen LogP contribution in [0.25, 0.3) is 6.08 Å². The molecular weight excluding hydrogens is 388 g/mol. The Bertz CT molecular complexity index is 650. The lowest BCUT2D eigenvalue weighted by atomic mass is 9.99. The zero-order valence-corrected chi connectivity index (χ0v) is 16.0. The molecule has 2 rings (SSSR count). The summed E-state index contributed by atoms with van der Waals surface area (Å²) < 4.78 is 21.6. The van der Waals surface area contributed by atoms with Gasteiger partial charge in [-0.3, -0.25) is 0 Å². The first-order valence-electron chi connectivity index (χ1n) is 9.10. The summed E-state index contributed by atoms with van der Waals surface area (Å²) in [5.74, 6) is 0.737. The van der Waals surface area contributed by atoms with Crippen LogP contribution in [0, 0.1) is 0 Å². The van der Waals surface area contributed by atoms with Crippen LogP contribution in [0.2, 0.25) is 0 Å². The molecule has 1 aromatic rings. The zero-order chi connectivity index (χ0) is 21.4. The summed E-state index contributed by atoms with van der Waals surface area (Å²) in [4.78, 5) is 0. The van der Waals surface area contributed by atoms with Crippen molar-refractivity contribution in [3.63, 3.8) is 0 Å². The van der Waals surface area contributed by atoms with E-state index >= 15 is 0 Å². The average molecular weight is 416 g/mol. The quantitative estimate of drug-likeness (QED) is 0.258. The van der Waals surface area contributed by atoms with Crippen LogP contribution in [0.3, 0.4) is 0 Å². The SMILES string of the molecule is COc1cc(/C=C/CO)ccc1OC(CO)CO[C@@H]1O[C@H](CO)[C@@H](O)[C@H](O)[C@H]1O. The summed E-state index contributed by atoms with van der Waals surface area (Å²) in [6, 6.07) is 5.05. The lowest BCUT2D eigenvalue weighted by Crippen LogP contribution is -2.59. The Kier molecular flexibility index (Phi) is 9.27. The predicted octanol–water partition coefficient (Wildman–Crippen LogP) is -1.74. The molecule has 1 saturated heterocycles. The fourth-order valence-corrected chi connectivity index (χ4v) is 2.78. The first-order chi connectivity index (χ1) is 13.9. The lowest BCUT2D eigenvalue weighted by Gasteiger charge is -2.39. The third-order valence-corrected chi connectivity index (χ3v) is 4.40. The molecule has 0 bridgehead atoms. The van der Waals surface area contributed by atoms with Crippen LogP contribution < -0.4 is 9.47 Å². The molecule has 6 N–H and O–H groups in total. The normalized spacial score (nSPS) is 28.4. The highest BCUT2D eigenvalue weighted by Gasteiger charge is 2.44. The largest absolute Gasteiger partial charge is 0.493 e. The van der Waals surface area contributed by atoms with Gasteiger partial charge in [-0.2, -0.15) is 0 Å². The van der Waals surface area contributed by atoms with Gasteiger partial charge in [0.05, 0.1) is 33.5 Å². The van der Waals surface area contributed by atoms with Gasteiger partial charge in [-0.25, -0.2) is 0 Å². The van der Waals surface area contributed by atoms with Crippen molar-refractivity contribution in [3.8, 4) is 11.5 Å². The van der Waals surface area contributed by atoms with Crippen molar-refractivity contribution in [1.29, 1.82) is 0 Å². The summed E-state index contributed by atoms with van der Waals surface area (Å²) in [5, 5.41) is 57.2. The Balaban J connectivity index is 2.01. The Morgan fingerprint density at radius 2 is 1.83 bits per heavy atom. The Morgan fingerprint density at radius 1 is 1.07 bits per heavy atom. The maximum atomic E-state index is 9.99. The first kappa shape index (κ1) is 23.5. The number of ether oxygens (including phenoxy) is 4. The van der Waals surface area contributed by atoms with E-state index in [1.807, 2.05) is 0 Å². The van der Waals surface area contributed by atoms with Gasteiger partial charge < -0.3 is 49.6 Å². The standard InChI is InChI=1S/C19H28O10/c1-26-14-7-11(3-2-6-20)4-5-13(14)28-12(8-21)10-27-19-18(25)17(24)16(23)15(9-22)29-19/h2-5,7,12,15-25H,6,8-10H2,1H3/b3-2+/t12?,15-,16-,17+,18-,19-/m1/s1. The molecule has 10 nitrogen and oxygen atoms in total. The molecule has 0 aromatic heterocycles. The molecule has 1 heterocycles. The predicted molar refractivity (Wildman–Crippen MR) is 100 cm³/mol. The molecule has 6 atom stereocenters. The van der Waals surface area contributed by atoms with E-state index in [1.54, 1.807) is 30.4 Å². The summed E-state index contributed by atoms with van der Waals surface area (Å²) in [6.45, 7) is -1.30. The van der Waals surface area contributed by atoms with Crippen molar-refractivity contribution in [2.75, 3.05) is 33.5 Å². The van der Waals surface area contributed by atoms with Gasteiger partial charge in [0, 0.05) is 0 Å². The molecule has 1 aromatic carbocycles. The smallest absolute Gasteiger partial charge is 0.186 e. The van der Waals surface area contributed by atoms with Crippen molar-refractivity contribution >= 4 is 6.08 Å². The minimum atomic E-state index is -1.56. The Morgan fingerprint density at radius 3 is 2.45 bits per heavy atom. The second-order valence-electron chi connectivity index (χ2n) is 6.45. The van der Waals surface area contributed by atoms with Gasteiger partial charge in [-0.05, 0) is 17.7 Å². The second kappa shape index (κ2) is 11.4. The van der Waals surface area contributed by atoms with Gasteiger partial charge in [0.1, 0.15) is 30.5 Å². The Labute approximate surface area is 168 Å². The molecule has 164 valence electrons. The van der Waals surface area contributed by atoms with Crippen LogP contribution in [0.4, 0.5) is 0 Å². The fraction of sp³-hybridized carbons (Fsp3) is 0.579. The van der Waals surface area contributed by atoms with Crippen LogP contribution in [0.15, 0.2) is 24.3 Å². The zero-order valence-electron chi connectivity index (χ0n) is 16.0. The minimum absolute atomic E-state index is 0.0948. The molecule has 0 aliphatic carbocycles. The number of hydrogen-bond donors (Lipinski definition) is 6. The molecule has 0 amide bonds. The van der Waals surface area contributed by atoms with E-state index in [4.69, 9.17) is 24.1 Å². The van der Waals surface area contributed by atoms with Crippen LogP contribution >= 0.6 is 0 Å². The van der Waals surface area contributed by atoms with Gasteiger partial charge in [0.25, 0.3) is 0 Å². The molecule has 29 heavy (non-hydrogen) atoms. The highest BCUT2D eigenvalue weighted by molar-refractivity contribution is 5.55. The topological polar surface area (TPSA) is 158 Å². The van der Waals surface area contributed by atoms with Crippen molar-refractivity contribution < 1.29 is 49.6 Å². The number of rotatable bonds is 10. The van der Waals surface area contributed by atoms with Gasteiger partial charge in [-0.1, -0.05) is 18.2 Å². The van der Waals surface area contributed by atoms with Crippen LogP contribution in [0.1, 0.15) is 5.56 Å². The molecule has 1 aliphatic rings. The molecule has 0 spiro atoms. The molecule has 0 saturated carbocycles. The molecule has 1 aliphatic heterocycles. The van der Waals surface area contributed by atoms with Crippen molar-refractivity contribution in [1.82, 2.24) is 0 Å². The fourth-order valence-electron chi connectivity index (χ4n) is 2.78. The third-order valence-electron chi connectivity index (χ3n) is 4.40. The van der Waals surface area contributed by atoms with Crippen LogP contribution in [0.5, 0.6) is 11.5 Å². The van der Waals surface area contributed by atoms with E-state index in [0.717, 1.165) is 5.56 Å². The van der Waals surface area contributed by atoms with E-state index in [9.17, 15) is 25.5 Å². The lowest BCUT2D eigenvalue weighted by molar-refractivity contribution is -0.304. The van der Waals surface area contributed by atoms with E-state index in [-0.39, 0.29) is 13.2 Å². The monoisotopic (exact) mass is 416 g/mol. The van der Waals surface area contributed by atoms with Crippen LogP contribution in [-0.2, 0) is 9.47 Å². The highest BCUT2D eigenvalue weighted by atomic mass is 16.7. The van der Waals surface area contributed by atoms with E-state index < -0.39 is 50.0 Å². The molecule has 10 heteroatoms. The van der Waals surface area contributed by atoms with Gasteiger partial charge >= 0.3 is 0 Å². The maximum absolute atomic E-state index is 9.99. The summed E-state index contributed by atoms with van der Waals surface area (Å²) in [5.41, 5.74) is 0.779. The third kappa shape index (κ3) is 6.11. The molecule has 1 unspecified atom stereocenters. The molecule has 0 radical (unpaired) electrons. The second-order valence-corrected chi connectivity index (χ2v) is 6.45. The van der Waals surface area contributed by atoms with E-state index in [1.165, 1.54) is 7.11 Å².